The summed E-state index contributed by atoms with van der Waals surface area (Å²) in [5.74, 6) is 0.393. The van der Waals surface area contributed by atoms with E-state index < -0.39 is 0 Å². The molecule has 0 atom stereocenters. The first-order chi connectivity index (χ1) is 13.5. The molecule has 0 saturated carbocycles. The molecule has 1 N–H and O–H groups in total. The first kappa shape index (κ1) is 18.0. The van der Waals surface area contributed by atoms with Crippen molar-refractivity contribution in [2.24, 2.45) is 0 Å². The van der Waals surface area contributed by atoms with E-state index in [0.29, 0.717) is 30.1 Å². The van der Waals surface area contributed by atoms with Crippen LogP contribution in [-0.4, -0.2) is 34.1 Å². The molecule has 1 fully saturated rings. The lowest BCUT2D eigenvalue weighted by molar-refractivity contribution is 0.0602. The predicted octanol–water partition coefficient (Wildman–Crippen LogP) is 4.11. The predicted molar refractivity (Wildman–Crippen MR) is 108 cm³/mol. The van der Waals surface area contributed by atoms with E-state index in [2.05, 4.69) is 23.2 Å². The summed E-state index contributed by atoms with van der Waals surface area (Å²) < 4.78 is 0. The molecule has 1 aromatic heterocycles. The lowest BCUT2D eigenvalue weighted by Gasteiger charge is -2.39. The molecule has 2 heterocycles. The zero-order valence-electron chi connectivity index (χ0n) is 16.3. The molecule has 1 aliphatic heterocycles. The molecule has 5 nitrogen and oxygen atoms in total. The third-order valence-electron chi connectivity index (χ3n) is 5.56. The standard InChI is InChI=1S/C23H22N4O/c1-14-4-7-19(10-21(14)22-15(2)25-26-16(22)3)23(28)27-12-20(13-27)18-8-5-17(11-24)6-9-18/h4-10,20H,12-13H2,1-3H3,(H,25,26). The van der Waals surface area contributed by atoms with Crippen LogP contribution >= 0.6 is 0 Å². The van der Waals surface area contributed by atoms with Gasteiger partial charge >= 0.3 is 0 Å². The van der Waals surface area contributed by atoms with Gasteiger partial charge in [-0.1, -0.05) is 18.2 Å². The van der Waals surface area contributed by atoms with Gasteiger partial charge in [0.1, 0.15) is 0 Å². The number of amides is 1. The third-order valence-corrected chi connectivity index (χ3v) is 5.56. The van der Waals surface area contributed by atoms with Gasteiger partial charge in [-0.3, -0.25) is 9.89 Å². The highest BCUT2D eigenvalue weighted by atomic mass is 16.2. The summed E-state index contributed by atoms with van der Waals surface area (Å²) in [7, 11) is 0. The first-order valence-electron chi connectivity index (χ1n) is 9.40. The van der Waals surface area contributed by atoms with E-state index in [1.165, 1.54) is 5.56 Å². The number of rotatable bonds is 3. The lowest BCUT2D eigenvalue weighted by atomic mass is 9.89. The van der Waals surface area contributed by atoms with E-state index in [0.717, 1.165) is 28.1 Å². The minimum atomic E-state index is 0.0601. The maximum Gasteiger partial charge on any atom is 0.253 e. The Morgan fingerprint density at radius 3 is 2.46 bits per heavy atom. The molecule has 2 aromatic carbocycles. The van der Waals surface area contributed by atoms with Crippen LogP contribution in [0.15, 0.2) is 42.5 Å². The van der Waals surface area contributed by atoms with E-state index >= 15 is 0 Å². The van der Waals surface area contributed by atoms with Crippen molar-refractivity contribution in [3.63, 3.8) is 0 Å². The summed E-state index contributed by atoms with van der Waals surface area (Å²) >= 11 is 0. The highest BCUT2D eigenvalue weighted by Gasteiger charge is 2.32. The Morgan fingerprint density at radius 2 is 1.86 bits per heavy atom. The minimum Gasteiger partial charge on any atom is -0.337 e. The summed E-state index contributed by atoms with van der Waals surface area (Å²) in [4.78, 5) is 14.8. The molecule has 0 unspecified atom stereocenters. The normalized spacial score (nSPS) is 13.9. The molecule has 5 heteroatoms. The Labute approximate surface area is 164 Å². The number of aromatic amines is 1. The average Bonchev–Trinajstić information content (AvgIpc) is 3.00. The maximum atomic E-state index is 13.0. The Hall–Kier alpha value is -3.39. The number of likely N-dealkylation sites (tertiary alicyclic amines) is 1. The van der Waals surface area contributed by atoms with Crippen LogP contribution < -0.4 is 0 Å². The smallest absolute Gasteiger partial charge is 0.253 e. The van der Waals surface area contributed by atoms with Gasteiger partial charge in [0, 0.05) is 35.8 Å². The lowest BCUT2D eigenvalue weighted by Crippen LogP contribution is -2.48. The third kappa shape index (κ3) is 3.07. The van der Waals surface area contributed by atoms with Crippen LogP contribution in [0.2, 0.25) is 0 Å². The number of benzene rings is 2. The number of nitrogens with one attached hydrogen (secondary N) is 1. The molecule has 1 saturated heterocycles. The van der Waals surface area contributed by atoms with Crippen LogP contribution in [0.25, 0.3) is 11.1 Å². The quantitative estimate of drug-likeness (QED) is 0.754. The fourth-order valence-corrected chi connectivity index (χ4v) is 3.84. The topological polar surface area (TPSA) is 72.8 Å². The van der Waals surface area contributed by atoms with Crippen molar-refractivity contribution in [3.8, 4) is 17.2 Å². The second-order valence-electron chi connectivity index (χ2n) is 7.48. The number of aryl methyl sites for hydroxylation is 3. The highest BCUT2D eigenvalue weighted by Crippen LogP contribution is 2.32. The van der Waals surface area contributed by atoms with Gasteiger partial charge in [-0.25, -0.2) is 0 Å². The van der Waals surface area contributed by atoms with Crippen molar-refractivity contribution >= 4 is 5.91 Å². The van der Waals surface area contributed by atoms with Gasteiger partial charge in [0.15, 0.2) is 0 Å². The summed E-state index contributed by atoms with van der Waals surface area (Å²) in [5, 5.41) is 16.2. The molecule has 28 heavy (non-hydrogen) atoms. The van der Waals surface area contributed by atoms with Gasteiger partial charge < -0.3 is 4.90 Å². The SMILES string of the molecule is Cc1ccc(C(=O)N2CC(c3ccc(C#N)cc3)C2)cc1-c1c(C)n[nH]c1C. The monoisotopic (exact) mass is 370 g/mol. The van der Waals surface area contributed by atoms with E-state index in [9.17, 15) is 4.79 Å². The molecule has 140 valence electrons. The number of nitriles is 1. The number of H-pyrrole nitrogens is 1. The zero-order chi connectivity index (χ0) is 19.8. The molecule has 3 aromatic rings. The highest BCUT2D eigenvalue weighted by molar-refractivity contribution is 5.96. The first-order valence-corrected chi connectivity index (χ1v) is 9.40. The van der Waals surface area contributed by atoms with Gasteiger partial charge in [-0.2, -0.15) is 10.4 Å². The van der Waals surface area contributed by atoms with Gasteiger partial charge in [0.05, 0.1) is 17.3 Å². The molecular weight excluding hydrogens is 348 g/mol. The van der Waals surface area contributed by atoms with Crippen LogP contribution in [0.1, 0.15) is 44.4 Å². The van der Waals surface area contributed by atoms with Crippen LogP contribution in [0.4, 0.5) is 0 Å². The molecule has 0 bridgehead atoms. The van der Waals surface area contributed by atoms with Gasteiger partial charge in [0.2, 0.25) is 0 Å². The molecule has 1 amide bonds. The molecule has 0 radical (unpaired) electrons. The van der Waals surface area contributed by atoms with E-state index in [-0.39, 0.29) is 5.91 Å². The van der Waals surface area contributed by atoms with E-state index in [1.54, 1.807) is 0 Å². The maximum absolute atomic E-state index is 13.0. The second-order valence-corrected chi connectivity index (χ2v) is 7.48. The summed E-state index contributed by atoms with van der Waals surface area (Å²) in [6.45, 7) is 7.45. The number of aromatic nitrogens is 2. The summed E-state index contributed by atoms with van der Waals surface area (Å²) in [6, 6.07) is 15.7. The molecule has 0 spiro atoms. The van der Waals surface area contributed by atoms with Crippen LogP contribution in [0.5, 0.6) is 0 Å². The number of carbonyl (C=O) groups is 1. The largest absolute Gasteiger partial charge is 0.337 e. The summed E-state index contributed by atoms with van der Waals surface area (Å²) in [5.41, 5.74) is 7.75. The van der Waals surface area contributed by atoms with Gasteiger partial charge in [-0.05, 0) is 61.7 Å². The van der Waals surface area contributed by atoms with Gasteiger partial charge in [-0.15, -0.1) is 0 Å². The van der Waals surface area contributed by atoms with Crippen molar-refractivity contribution in [1.29, 1.82) is 5.26 Å². The number of carbonyl (C=O) groups excluding carboxylic acids is 1. The van der Waals surface area contributed by atoms with Crippen molar-refractivity contribution in [2.75, 3.05) is 13.1 Å². The van der Waals surface area contributed by atoms with Crippen molar-refractivity contribution in [3.05, 3.63) is 76.1 Å². The minimum absolute atomic E-state index is 0.0601. The van der Waals surface area contributed by atoms with Crippen molar-refractivity contribution in [2.45, 2.75) is 26.7 Å². The van der Waals surface area contributed by atoms with Crippen molar-refractivity contribution in [1.82, 2.24) is 15.1 Å². The Morgan fingerprint density at radius 1 is 1.14 bits per heavy atom. The van der Waals surface area contributed by atoms with Crippen molar-refractivity contribution < 1.29 is 4.79 Å². The molecule has 1 aliphatic rings. The summed E-state index contributed by atoms with van der Waals surface area (Å²) in [6.07, 6.45) is 0. The number of hydrogen-bond donors (Lipinski definition) is 1. The van der Waals surface area contributed by atoms with Crippen LogP contribution in [0, 0.1) is 32.1 Å². The number of hydrogen-bond acceptors (Lipinski definition) is 3. The van der Waals surface area contributed by atoms with Crippen LogP contribution in [-0.2, 0) is 0 Å². The molecule has 4 rings (SSSR count). The Kier molecular flexibility index (Phi) is 4.48. The van der Waals surface area contributed by atoms with E-state index in [4.69, 9.17) is 5.26 Å². The fraction of sp³-hybridized carbons (Fsp3) is 0.261. The number of nitrogens with zero attached hydrogens (tertiary/aromatic N) is 3. The Bertz CT molecular complexity index is 1060. The fourth-order valence-electron chi connectivity index (χ4n) is 3.84. The van der Waals surface area contributed by atoms with Gasteiger partial charge in [0.25, 0.3) is 5.91 Å². The zero-order valence-corrected chi connectivity index (χ0v) is 16.3. The molecular formula is C23H22N4O. The molecule has 0 aliphatic carbocycles. The second kappa shape index (κ2) is 6.97. The van der Waals surface area contributed by atoms with Crippen LogP contribution in [0.3, 0.4) is 0 Å². The Balaban J connectivity index is 1.52. The van der Waals surface area contributed by atoms with E-state index in [1.807, 2.05) is 61.2 Å². The average molecular weight is 370 g/mol.